The van der Waals surface area contributed by atoms with E-state index in [4.69, 9.17) is 9.15 Å². The highest BCUT2D eigenvalue weighted by atomic mass is 32.1. The van der Waals surface area contributed by atoms with Gasteiger partial charge in [0.05, 0.1) is 18.3 Å². The van der Waals surface area contributed by atoms with E-state index in [0.29, 0.717) is 29.2 Å². The van der Waals surface area contributed by atoms with Gasteiger partial charge in [0.2, 0.25) is 5.91 Å². The third kappa shape index (κ3) is 3.90. The predicted octanol–water partition coefficient (Wildman–Crippen LogP) is 4.16. The summed E-state index contributed by atoms with van der Waals surface area (Å²) in [6.07, 6.45) is 3.96. The largest absolute Gasteiger partial charge is 0.481 e. The van der Waals surface area contributed by atoms with Crippen molar-refractivity contribution in [2.45, 2.75) is 39.0 Å². The number of ether oxygens (including phenoxy) is 1. The Bertz CT molecular complexity index is 833. The number of carboxylic acids is 1. The van der Waals surface area contributed by atoms with Crippen molar-refractivity contribution in [3.8, 4) is 11.3 Å². The molecule has 2 aromatic rings. The molecule has 0 aromatic carbocycles. The number of carbonyl (C=O) groups is 3. The van der Waals surface area contributed by atoms with E-state index in [9.17, 15) is 19.5 Å². The Kier molecular flexibility index (Phi) is 5.65. The fourth-order valence-electron chi connectivity index (χ4n) is 3.47. The summed E-state index contributed by atoms with van der Waals surface area (Å²) in [7, 11) is 0. The number of hydrogen-bond donors (Lipinski definition) is 2. The van der Waals surface area contributed by atoms with Crippen molar-refractivity contribution in [1.82, 2.24) is 0 Å². The molecule has 7 nitrogen and oxygen atoms in total. The van der Waals surface area contributed by atoms with Crippen LogP contribution in [-0.2, 0) is 14.3 Å². The molecule has 0 bridgehead atoms. The monoisotopic (exact) mass is 391 g/mol. The first-order valence-electron chi connectivity index (χ1n) is 8.82. The molecule has 144 valence electrons. The molecule has 0 aliphatic heterocycles. The molecule has 1 aliphatic rings. The van der Waals surface area contributed by atoms with Gasteiger partial charge in [-0.05, 0) is 31.9 Å². The van der Waals surface area contributed by atoms with Crippen LogP contribution >= 0.6 is 11.3 Å². The number of carbonyl (C=O) groups excluding carboxylic acids is 2. The summed E-state index contributed by atoms with van der Waals surface area (Å²) in [4.78, 5) is 36.7. The lowest BCUT2D eigenvalue weighted by atomic mass is 9.82. The molecule has 27 heavy (non-hydrogen) atoms. The number of anilines is 1. The number of esters is 1. The third-order valence-corrected chi connectivity index (χ3v) is 5.72. The van der Waals surface area contributed by atoms with Crippen molar-refractivity contribution in [1.29, 1.82) is 0 Å². The Labute approximate surface area is 160 Å². The Morgan fingerprint density at radius 2 is 2.07 bits per heavy atom. The summed E-state index contributed by atoms with van der Waals surface area (Å²) in [6, 6.07) is 3.42. The van der Waals surface area contributed by atoms with Gasteiger partial charge in [-0.3, -0.25) is 9.59 Å². The number of carboxylic acid groups (broad SMARTS) is 1. The van der Waals surface area contributed by atoms with Gasteiger partial charge in [-0.2, -0.15) is 0 Å². The lowest BCUT2D eigenvalue weighted by Gasteiger charge is -2.22. The van der Waals surface area contributed by atoms with E-state index < -0.39 is 23.3 Å². The van der Waals surface area contributed by atoms with E-state index in [1.807, 2.05) is 0 Å². The van der Waals surface area contributed by atoms with E-state index >= 15 is 0 Å². The van der Waals surface area contributed by atoms with E-state index in [1.54, 1.807) is 24.4 Å². The number of thiophene rings is 1. The van der Waals surface area contributed by atoms with Crippen LogP contribution in [0.1, 0.15) is 49.4 Å². The minimum Gasteiger partial charge on any atom is -0.481 e. The van der Waals surface area contributed by atoms with Crippen LogP contribution in [0, 0.1) is 5.41 Å². The predicted molar refractivity (Wildman–Crippen MR) is 99.8 cm³/mol. The van der Waals surface area contributed by atoms with Crippen LogP contribution in [0.2, 0.25) is 0 Å². The first kappa shape index (κ1) is 19.2. The number of amides is 1. The Balaban J connectivity index is 1.85. The molecule has 0 saturated heterocycles. The first-order valence-corrected chi connectivity index (χ1v) is 9.70. The molecule has 0 spiro atoms. The van der Waals surface area contributed by atoms with Crippen LogP contribution in [0.25, 0.3) is 11.3 Å². The molecular formula is C19H21NO6S. The zero-order chi connectivity index (χ0) is 19.4. The Hall–Kier alpha value is -2.61. The molecule has 3 rings (SSSR count). The smallest absolute Gasteiger partial charge is 0.341 e. The van der Waals surface area contributed by atoms with Crippen LogP contribution in [0.5, 0.6) is 0 Å². The Morgan fingerprint density at radius 3 is 2.67 bits per heavy atom. The average Bonchev–Trinajstić information content (AvgIpc) is 3.35. The average molecular weight is 391 g/mol. The summed E-state index contributed by atoms with van der Waals surface area (Å²) in [5.74, 6) is -1.43. The molecule has 0 radical (unpaired) electrons. The molecule has 1 saturated carbocycles. The number of hydrogen-bond acceptors (Lipinski definition) is 6. The topological polar surface area (TPSA) is 106 Å². The van der Waals surface area contributed by atoms with Gasteiger partial charge in [-0.15, -0.1) is 11.3 Å². The summed E-state index contributed by atoms with van der Waals surface area (Å²) in [5.41, 5.74) is -0.261. The van der Waals surface area contributed by atoms with Crippen LogP contribution < -0.4 is 5.32 Å². The van der Waals surface area contributed by atoms with Crippen molar-refractivity contribution >= 4 is 34.2 Å². The van der Waals surface area contributed by atoms with E-state index in [-0.39, 0.29) is 18.6 Å². The maximum Gasteiger partial charge on any atom is 0.341 e. The quantitative estimate of drug-likeness (QED) is 0.687. The van der Waals surface area contributed by atoms with E-state index in [1.165, 1.54) is 17.6 Å². The normalized spacial score (nSPS) is 15.4. The minimum absolute atomic E-state index is 0.113. The highest BCUT2D eigenvalue weighted by molar-refractivity contribution is 7.15. The van der Waals surface area contributed by atoms with Crippen LogP contribution in [0.15, 0.2) is 28.2 Å². The van der Waals surface area contributed by atoms with Gasteiger partial charge in [0.15, 0.2) is 0 Å². The van der Waals surface area contributed by atoms with Gasteiger partial charge in [0.25, 0.3) is 0 Å². The molecule has 2 heterocycles. The standard InChI is InChI=1S/C19H21NO6S/c1-2-25-17(22)15-12(13-6-5-9-26-13)11-27-16(15)20-14(21)10-19(18(23)24)7-3-4-8-19/h5-6,9,11H,2-4,7-8,10H2,1H3,(H,20,21)(H,23,24). The summed E-state index contributed by atoms with van der Waals surface area (Å²) < 4.78 is 10.5. The SMILES string of the molecule is CCOC(=O)c1c(-c2ccco2)csc1NC(=O)CC1(C(=O)O)CCCC1. The molecule has 1 amide bonds. The second-order valence-electron chi connectivity index (χ2n) is 6.57. The van der Waals surface area contributed by atoms with Crippen molar-refractivity contribution in [2.24, 2.45) is 5.41 Å². The molecular weight excluding hydrogens is 370 g/mol. The molecule has 1 fully saturated rings. The fourth-order valence-corrected chi connectivity index (χ4v) is 4.42. The van der Waals surface area contributed by atoms with Gasteiger partial charge in [-0.1, -0.05) is 12.8 Å². The van der Waals surface area contributed by atoms with Gasteiger partial charge in [0.1, 0.15) is 16.3 Å². The molecule has 0 atom stereocenters. The van der Waals surface area contributed by atoms with Crippen molar-refractivity contribution in [3.05, 3.63) is 29.3 Å². The highest BCUT2D eigenvalue weighted by Gasteiger charge is 2.43. The van der Waals surface area contributed by atoms with Crippen LogP contribution in [0.3, 0.4) is 0 Å². The summed E-state index contributed by atoms with van der Waals surface area (Å²) >= 11 is 1.18. The van der Waals surface area contributed by atoms with Crippen LogP contribution in [-0.4, -0.2) is 29.6 Å². The lowest BCUT2D eigenvalue weighted by Crippen LogP contribution is -2.32. The number of aliphatic carboxylic acids is 1. The summed E-state index contributed by atoms with van der Waals surface area (Å²) in [6.45, 7) is 1.90. The zero-order valence-corrected chi connectivity index (χ0v) is 15.8. The minimum atomic E-state index is -1.02. The maximum absolute atomic E-state index is 12.6. The molecule has 2 N–H and O–H groups in total. The first-order chi connectivity index (χ1) is 13.0. The second-order valence-corrected chi connectivity index (χ2v) is 7.45. The van der Waals surface area contributed by atoms with E-state index in [0.717, 1.165) is 12.8 Å². The highest BCUT2D eigenvalue weighted by Crippen LogP contribution is 2.42. The van der Waals surface area contributed by atoms with Crippen molar-refractivity contribution in [2.75, 3.05) is 11.9 Å². The lowest BCUT2D eigenvalue weighted by molar-refractivity contribution is -0.150. The van der Waals surface area contributed by atoms with Crippen molar-refractivity contribution < 1.29 is 28.6 Å². The number of nitrogens with one attached hydrogen (secondary N) is 1. The number of rotatable bonds is 7. The van der Waals surface area contributed by atoms with Gasteiger partial charge < -0.3 is 19.6 Å². The molecule has 1 aliphatic carbocycles. The van der Waals surface area contributed by atoms with E-state index in [2.05, 4.69) is 5.32 Å². The summed E-state index contributed by atoms with van der Waals surface area (Å²) in [5, 5.41) is 14.3. The van der Waals surface area contributed by atoms with Crippen molar-refractivity contribution in [3.63, 3.8) is 0 Å². The maximum atomic E-state index is 12.6. The second kappa shape index (κ2) is 7.96. The Morgan fingerprint density at radius 1 is 1.33 bits per heavy atom. The molecule has 2 aromatic heterocycles. The van der Waals surface area contributed by atoms with Gasteiger partial charge in [0, 0.05) is 17.4 Å². The van der Waals surface area contributed by atoms with Crippen LogP contribution in [0.4, 0.5) is 5.00 Å². The third-order valence-electron chi connectivity index (χ3n) is 4.82. The number of furan rings is 1. The zero-order valence-electron chi connectivity index (χ0n) is 14.9. The fraction of sp³-hybridized carbons (Fsp3) is 0.421. The molecule has 8 heteroatoms. The molecule has 0 unspecified atom stereocenters. The van der Waals surface area contributed by atoms with Gasteiger partial charge >= 0.3 is 11.9 Å². The van der Waals surface area contributed by atoms with Gasteiger partial charge in [-0.25, -0.2) is 4.79 Å².